The van der Waals surface area contributed by atoms with Crippen molar-refractivity contribution in [1.29, 1.82) is 0 Å². The van der Waals surface area contributed by atoms with Gasteiger partial charge in [0, 0.05) is 5.56 Å². The number of aryl methyl sites for hydroxylation is 1. The lowest BCUT2D eigenvalue weighted by molar-refractivity contribution is -0.136. The Kier molecular flexibility index (Phi) is 2.14. The highest BCUT2D eigenvalue weighted by atomic mass is 35.5. The number of rotatable bonds is 2. The lowest BCUT2D eigenvalue weighted by atomic mass is 10.2. The van der Waals surface area contributed by atoms with Gasteiger partial charge in [-0.3, -0.25) is 4.79 Å². The highest BCUT2D eigenvalue weighted by molar-refractivity contribution is 6.29. The van der Waals surface area contributed by atoms with Gasteiger partial charge in [0.2, 0.25) is 5.22 Å². The molecule has 0 atom stereocenters. The van der Waals surface area contributed by atoms with E-state index in [2.05, 4.69) is 9.68 Å². The van der Waals surface area contributed by atoms with Gasteiger partial charge in [-0.25, -0.2) is 0 Å². The van der Waals surface area contributed by atoms with Gasteiger partial charge >= 0.3 is 5.97 Å². The van der Waals surface area contributed by atoms with Gasteiger partial charge in [-0.05, 0) is 18.5 Å². The van der Waals surface area contributed by atoms with E-state index in [1.54, 1.807) is 6.92 Å². The van der Waals surface area contributed by atoms with Crippen LogP contribution in [0.3, 0.4) is 0 Å². The molecule has 60 valence electrons. The molecule has 1 N–H and O–H groups in total. The smallest absolute Gasteiger partial charge is 0.308 e. The molecule has 5 heteroatoms. The second kappa shape index (κ2) is 2.92. The molecule has 0 radical (unpaired) electrons. The Morgan fingerprint density at radius 3 is 2.82 bits per heavy atom. The number of carboxylic acid groups (broad SMARTS) is 1. The first kappa shape index (κ1) is 8.07. The average Bonchev–Trinajstić information content (AvgIpc) is 2.18. The summed E-state index contributed by atoms with van der Waals surface area (Å²) in [6.45, 7) is 1.65. The van der Waals surface area contributed by atoms with Gasteiger partial charge in [-0.1, -0.05) is 5.16 Å². The van der Waals surface area contributed by atoms with Gasteiger partial charge in [0.05, 0.1) is 12.1 Å². The maximum atomic E-state index is 10.2. The van der Waals surface area contributed by atoms with Crippen LogP contribution in [0, 0.1) is 6.92 Å². The van der Waals surface area contributed by atoms with Crippen LogP contribution < -0.4 is 0 Å². The van der Waals surface area contributed by atoms with Crippen molar-refractivity contribution in [3.63, 3.8) is 0 Å². The van der Waals surface area contributed by atoms with Crippen molar-refractivity contribution in [3.05, 3.63) is 16.5 Å². The van der Waals surface area contributed by atoms with Crippen molar-refractivity contribution in [1.82, 2.24) is 5.16 Å². The van der Waals surface area contributed by atoms with E-state index in [1.807, 2.05) is 0 Å². The summed E-state index contributed by atoms with van der Waals surface area (Å²) in [5, 5.41) is 12.0. The van der Waals surface area contributed by atoms with Gasteiger partial charge in [0.15, 0.2) is 0 Å². The minimum Gasteiger partial charge on any atom is -0.481 e. The van der Waals surface area contributed by atoms with Gasteiger partial charge in [0.1, 0.15) is 0 Å². The van der Waals surface area contributed by atoms with Crippen LogP contribution >= 0.6 is 11.6 Å². The van der Waals surface area contributed by atoms with E-state index < -0.39 is 5.97 Å². The quantitative estimate of drug-likeness (QED) is 0.735. The summed E-state index contributed by atoms with van der Waals surface area (Å²) in [7, 11) is 0. The second-order valence-electron chi connectivity index (χ2n) is 2.09. The predicted octanol–water partition coefficient (Wildman–Crippen LogP) is 1.26. The minimum absolute atomic E-state index is 0.0601. The van der Waals surface area contributed by atoms with Crippen molar-refractivity contribution in [2.24, 2.45) is 0 Å². The van der Waals surface area contributed by atoms with Crippen molar-refractivity contribution in [3.8, 4) is 0 Å². The highest BCUT2D eigenvalue weighted by Gasteiger charge is 2.13. The summed E-state index contributed by atoms with van der Waals surface area (Å²) >= 11 is 5.50. The number of aromatic nitrogens is 1. The predicted molar refractivity (Wildman–Crippen MR) is 37.6 cm³/mol. The van der Waals surface area contributed by atoms with Crippen molar-refractivity contribution >= 4 is 17.6 Å². The molecule has 0 aliphatic heterocycles. The SMILES string of the molecule is Cc1noc(Cl)c1CC(=O)O. The summed E-state index contributed by atoms with van der Waals surface area (Å²) in [6.07, 6.45) is -0.145. The second-order valence-corrected chi connectivity index (χ2v) is 2.43. The van der Waals surface area contributed by atoms with Gasteiger partial charge in [-0.15, -0.1) is 0 Å². The molecule has 4 nitrogen and oxygen atoms in total. The van der Waals surface area contributed by atoms with Crippen LogP contribution in [0.2, 0.25) is 5.22 Å². The third kappa shape index (κ3) is 1.71. The van der Waals surface area contributed by atoms with Crippen molar-refractivity contribution in [2.75, 3.05) is 0 Å². The van der Waals surface area contributed by atoms with Crippen molar-refractivity contribution < 1.29 is 14.4 Å². The van der Waals surface area contributed by atoms with E-state index in [9.17, 15) is 4.79 Å². The van der Waals surface area contributed by atoms with Crippen LogP contribution in [-0.2, 0) is 11.2 Å². The maximum absolute atomic E-state index is 10.2. The number of hydrogen-bond acceptors (Lipinski definition) is 3. The summed E-state index contributed by atoms with van der Waals surface area (Å²) in [5.74, 6) is -0.946. The molecule has 0 aromatic carbocycles. The average molecular weight is 176 g/mol. The Morgan fingerprint density at radius 1 is 1.82 bits per heavy atom. The summed E-state index contributed by atoms with van der Waals surface area (Å²) in [6, 6.07) is 0. The lowest BCUT2D eigenvalue weighted by Crippen LogP contribution is -2.00. The molecule has 11 heavy (non-hydrogen) atoms. The number of hydrogen-bond donors (Lipinski definition) is 1. The van der Waals surface area contributed by atoms with E-state index in [0.29, 0.717) is 11.3 Å². The first-order valence-corrected chi connectivity index (χ1v) is 3.31. The summed E-state index contributed by atoms with van der Waals surface area (Å²) in [4.78, 5) is 10.2. The molecule has 1 rings (SSSR count). The molecule has 0 spiro atoms. The summed E-state index contributed by atoms with van der Waals surface area (Å²) < 4.78 is 4.55. The molecular weight excluding hydrogens is 170 g/mol. The molecule has 1 aromatic heterocycles. The van der Waals surface area contributed by atoms with Crippen molar-refractivity contribution in [2.45, 2.75) is 13.3 Å². The highest BCUT2D eigenvalue weighted by Crippen LogP contribution is 2.18. The molecular formula is C6H6ClNO3. The van der Waals surface area contributed by atoms with E-state index in [4.69, 9.17) is 16.7 Å². The van der Waals surface area contributed by atoms with Gasteiger partial charge < -0.3 is 9.63 Å². The van der Waals surface area contributed by atoms with Gasteiger partial charge in [-0.2, -0.15) is 0 Å². The number of aliphatic carboxylic acids is 1. The van der Waals surface area contributed by atoms with E-state index in [-0.39, 0.29) is 11.6 Å². The number of carboxylic acids is 1. The van der Waals surface area contributed by atoms with E-state index >= 15 is 0 Å². The zero-order valence-corrected chi connectivity index (χ0v) is 6.55. The van der Waals surface area contributed by atoms with Crippen LogP contribution in [0.25, 0.3) is 0 Å². The molecule has 0 aliphatic rings. The minimum atomic E-state index is -0.946. The van der Waals surface area contributed by atoms with Crippen LogP contribution in [0.1, 0.15) is 11.3 Å². The maximum Gasteiger partial charge on any atom is 0.308 e. The molecule has 0 saturated carbocycles. The summed E-state index contributed by atoms with van der Waals surface area (Å²) in [5.41, 5.74) is 0.969. The van der Waals surface area contributed by atoms with Crippen LogP contribution in [0.15, 0.2) is 4.52 Å². The molecule has 1 heterocycles. The Morgan fingerprint density at radius 2 is 2.45 bits per heavy atom. The van der Waals surface area contributed by atoms with Crippen LogP contribution in [0.4, 0.5) is 0 Å². The Balaban J connectivity index is 2.92. The number of carbonyl (C=O) groups is 1. The molecule has 0 fully saturated rings. The third-order valence-electron chi connectivity index (χ3n) is 1.26. The normalized spacial score (nSPS) is 10.0. The molecule has 0 aliphatic carbocycles. The first-order valence-electron chi connectivity index (χ1n) is 2.93. The third-order valence-corrected chi connectivity index (χ3v) is 1.56. The monoisotopic (exact) mass is 175 g/mol. The fourth-order valence-electron chi connectivity index (χ4n) is 0.710. The Labute approximate surface area is 67.8 Å². The molecule has 0 bridgehead atoms. The zero-order valence-electron chi connectivity index (χ0n) is 5.80. The largest absolute Gasteiger partial charge is 0.481 e. The fraction of sp³-hybridized carbons (Fsp3) is 0.333. The fourth-order valence-corrected chi connectivity index (χ4v) is 0.948. The van der Waals surface area contributed by atoms with E-state index in [0.717, 1.165) is 0 Å². The van der Waals surface area contributed by atoms with Crippen LogP contribution in [-0.4, -0.2) is 16.2 Å². The lowest BCUT2D eigenvalue weighted by Gasteiger charge is -1.90. The Bertz CT molecular complexity index is 262. The molecule has 0 unspecified atom stereocenters. The Hall–Kier alpha value is -1.03. The standard InChI is InChI=1S/C6H6ClNO3/c1-3-4(2-5(9)10)6(7)11-8-3/h2H2,1H3,(H,9,10). The zero-order chi connectivity index (χ0) is 8.43. The van der Waals surface area contributed by atoms with Gasteiger partial charge in [0.25, 0.3) is 0 Å². The van der Waals surface area contributed by atoms with E-state index in [1.165, 1.54) is 0 Å². The first-order chi connectivity index (χ1) is 5.11. The van der Waals surface area contributed by atoms with Crippen LogP contribution in [0.5, 0.6) is 0 Å². The molecule has 0 amide bonds. The topological polar surface area (TPSA) is 63.3 Å². The molecule has 1 aromatic rings. The molecule has 0 saturated heterocycles. The number of nitrogens with zero attached hydrogens (tertiary/aromatic N) is 1. The number of halogens is 1.